The van der Waals surface area contributed by atoms with Crippen molar-refractivity contribution in [3.05, 3.63) is 64.0 Å². The minimum atomic E-state index is -0.373. The molecular formula is C15H19N3O2. The Balaban J connectivity index is 2.10. The molecule has 1 aromatic carbocycles. The van der Waals surface area contributed by atoms with Gasteiger partial charge in [-0.2, -0.15) is 0 Å². The summed E-state index contributed by atoms with van der Waals surface area (Å²) in [6, 6.07) is 8.77. The van der Waals surface area contributed by atoms with Crippen molar-refractivity contribution in [1.82, 2.24) is 4.57 Å². The topological polar surface area (TPSA) is 74.1 Å². The lowest BCUT2D eigenvalue weighted by Crippen LogP contribution is -2.08. The first-order valence-electron chi connectivity index (χ1n) is 6.74. The summed E-state index contributed by atoms with van der Waals surface area (Å²) in [5.41, 5.74) is 8.21. The van der Waals surface area contributed by atoms with E-state index in [1.165, 1.54) is 6.07 Å². The summed E-state index contributed by atoms with van der Waals surface area (Å²) in [6.45, 7) is 2.72. The van der Waals surface area contributed by atoms with Crippen LogP contribution in [0.4, 0.5) is 5.69 Å². The molecule has 2 N–H and O–H groups in total. The predicted molar refractivity (Wildman–Crippen MR) is 78.5 cm³/mol. The SMILES string of the molecule is CCCC(N)c1ccn(Cc2cccc([N+](=O)[O-])c2)c1. The standard InChI is InChI=1S/C15H19N3O2/c1-2-4-15(16)13-7-8-17(11-13)10-12-5-3-6-14(9-12)18(19)20/h3,5-9,11,15H,2,4,10,16H2,1H3. The van der Waals surface area contributed by atoms with Crippen LogP contribution in [-0.4, -0.2) is 9.49 Å². The third-order valence-corrected chi connectivity index (χ3v) is 3.29. The summed E-state index contributed by atoms with van der Waals surface area (Å²) in [5.74, 6) is 0. The smallest absolute Gasteiger partial charge is 0.269 e. The zero-order valence-corrected chi connectivity index (χ0v) is 11.5. The second-order valence-corrected chi connectivity index (χ2v) is 4.94. The highest BCUT2D eigenvalue weighted by molar-refractivity contribution is 5.34. The van der Waals surface area contributed by atoms with Crippen molar-refractivity contribution < 1.29 is 4.92 Å². The van der Waals surface area contributed by atoms with Crippen LogP contribution in [0.15, 0.2) is 42.7 Å². The van der Waals surface area contributed by atoms with E-state index in [9.17, 15) is 10.1 Å². The normalized spacial score (nSPS) is 12.3. The van der Waals surface area contributed by atoms with Gasteiger partial charge in [0.15, 0.2) is 0 Å². The van der Waals surface area contributed by atoms with Gasteiger partial charge in [0.2, 0.25) is 0 Å². The second kappa shape index (κ2) is 6.34. The minimum Gasteiger partial charge on any atom is -0.350 e. The molecule has 0 amide bonds. The zero-order valence-electron chi connectivity index (χ0n) is 11.5. The number of nitrogens with two attached hydrogens (primary N) is 1. The maximum atomic E-state index is 10.8. The van der Waals surface area contributed by atoms with E-state index in [4.69, 9.17) is 5.73 Å². The van der Waals surface area contributed by atoms with Crippen molar-refractivity contribution in [2.75, 3.05) is 0 Å². The molecule has 0 aliphatic carbocycles. The molecule has 2 aromatic rings. The van der Waals surface area contributed by atoms with E-state index in [-0.39, 0.29) is 16.7 Å². The lowest BCUT2D eigenvalue weighted by molar-refractivity contribution is -0.384. The summed E-state index contributed by atoms with van der Waals surface area (Å²) >= 11 is 0. The Morgan fingerprint density at radius 2 is 2.20 bits per heavy atom. The van der Waals surface area contributed by atoms with Gasteiger partial charge in [0.05, 0.1) is 4.92 Å². The molecule has 5 heteroatoms. The van der Waals surface area contributed by atoms with Crippen LogP contribution in [0.3, 0.4) is 0 Å². The number of rotatable bonds is 6. The minimum absolute atomic E-state index is 0.0614. The van der Waals surface area contributed by atoms with Gasteiger partial charge < -0.3 is 10.3 Å². The maximum absolute atomic E-state index is 10.8. The van der Waals surface area contributed by atoms with Crippen LogP contribution >= 0.6 is 0 Å². The molecule has 0 radical (unpaired) electrons. The maximum Gasteiger partial charge on any atom is 0.269 e. The number of aromatic nitrogens is 1. The highest BCUT2D eigenvalue weighted by Gasteiger charge is 2.08. The number of non-ortho nitro benzene ring substituents is 1. The number of nitro benzene ring substituents is 1. The fourth-order valence-electron chi connectivity index (χ4n) is 2.23. The fourth-order valence-corrected chi connectivity index (χ4v) is 2.23. The van der Waals surface area contributed by atoms with Gasteiger partial charge >= 0.3 is 0 Å². The van der Waals surface area contributed by atoms with Gasteiger partial charge in [0, 0.05) is 37.1 Å². The summed E-state index contributed by atoms with van der Waals surface area (Å²) in [6.07, 6.45) is 5.99. The number of benzene rings is 1. The van der Waals surface area contributed by atoms with Crippen LogP contribution < -0.4 is 5.73 Å². The number of hydrogen-bond acceptors (Lipinski definition) is 3. The average Bonchev–Trinajstić information content (AvgIpc) is 2.88. The largest absolute Gasteiger partial charge is 0.350 e. The van der Waals surface area contributed by atoms with Gasteiger partial charge in [-0.3, -0.25) is 10.1 Å². The fraction of sp³-hybridized carbons (Fsp3) is 0.333. The third-order valence-electron chi connectivity index (χ3n) is 3.29. The highest BCUT2D eigenvalue weighted by Crippen LogP contribution is 2.18. The summed E-state index contributed by atoms with van der Waals surface area (Å²) in [5, 5.41) is 10.8. The van der Waals surface area contributed by atoms with E-state index in [1.807, 2.05) is 29.1 Å². The molecule has 106 valence electrons. The van der Waals surface area contributed by atoms with Gasteiger partial charge in [-0.05, 0) is 23.6 Å². The van der Waals surface area contributed by atoms with Gasteiger partial charge in [0.1, 0.15) is 0 Å². The molecule has 1 aromatic heterocycles. The van der Waals surface area contributed by atoms with E-state index < -0.39 is 0 Å². The molecule has 1 unspecified atom stereocenters. The van der Waals surface area contributed by atoms with Crippen LogP contribution in [0, 0.1) is 10.1 Å². The van der Waals surface area contributed by atoms with Crippen molar-refractivity contribution in [3.63, 3.8) is 0 Å². The first kappa shape index (κ1) is 14.3. The van der Waals surface area contributed by atoms with Crippen LogP contribution in [0.1, 0.15) is 36.9 Å². The Morgan fingerprint density at radius 1 is 1.40 bits per heavy atom. The van der Waals surface area contributed by atoms with Crippen molar-refractivity contribution in [1.29, 1.82) is 0 Å². The Labute approximate surface area is 118 Å². The van der Waals surface area contributed by atoms with E-state index >= 15 is 0 Å². The number of hydrogen-bond donors (Lipinski definition) is 1. The van der Waals surface area contributed by atoms with Gasteiger partial charge in [0.25, 0.3) is 5.69 Å². The van der Waals surface area contributed by atoms with Crippen molar-refractivity contribution in [2.24, 2.45) is 5.73 Å². The zero-order chi connectivity index (χ0) is 14.5. The highest BCUT2D eigenvalue weighted by atomic mass is 16.6. The molecule has 0 aliphatic heterocycles. The van der Waals surface area contributed by atoms with Gasteiger partial charge in [-0.1, -0.05) is 25.5 Å². The molecule has 0 saturated carbocycles. The molecule has 1 atom stereocenters. The molecular weight excluding hydrogens is 254 g/mol. The molecule has 20 heavy (non-hydrogen) atoms. The molecule has 2 rings (SSSR count). The quantitative estimate of drug-likeness (QED) is 0.648. The first-order valence-corrected chi connectivity index (χ1v) is 6.74. The number of nitrogens with zero attached hydrogens (tertiary/aromatic N) is 2. The lowest BCUT2D eigenvalue weighted by atomic mass is 10.1. The molecule has 0 fully saturated rings. The molecule has 0 saturated heterocycles. The molecule has 0 bridgehead atoms. The average molecular weight is 273 g/mol. The Kier molecular flexibility index (Phi) is 4.53. The Morgan fingerprint density at radius 3 is 2.90 bits per heavy atom. The van der Waals surface area contributed by atoms with E-state index in [0.717, 1.165) is 24.0 Å². The third kappa shape index (κ3) is 3.45. The van der Waals surface area contributed by atoms with Crippen molar-refractivity contribution in [2.45, 2.75) is 32.4 Å². The van der Waals surface area contributed by atoms with Crippen molar-refractivity contribution in [3.8, 4) is 0 Å². The van der Waals surface area contributed by atoms with E-state index in [1.54, 1.807) is 12.1 Å². The van der Waals surface area contributed by atoms with Crippen LogP contribution in [0.5, 0.6) is 0 Å². The van der Waals surface area contributed by atoms with Crippen molar-refractivity contribution >= 4 is 5.69 Å². The van der Waals surface area contributed by atoms with E-state index in [0.29, 0.717) is 6.54 Å². The Hall–Kier alpha value is -2.14. The summed E-state index contributed by atoms with van der Waals surface area (Å²) < 4.78 is 2.00. The first-order chi connectivity index (χ1) is 9.60. The summed E-state index contributed by atoms with van der Waals surface area (Å²) in [7, 11) is 0. The lowest BCUT2D eigenvalue weighted by Gasteiger charge is -2.07. The molecule has 1 heterocycles. The number of nitro groups is 1. The van der Waals surface area contributed by atoms with E-state index in [2.05, 4.69) is 6.92 Å². The molecule has 0 spiro atoms. The van der Waals surface area contributed by atoms with Crippen LogP contribution in [0.25, 0.3) is 0 Å². The Bertz CT molecular complexity index is 592. The van der Waals surface area contributed by atoms with Crippen LogP contribution in [-0.2, 0) is 6.54 Å². The second-order valence-electron chi connectivity index (χ2n) is 4.94. The molecule has 0 aliphatic rings. The monoisotopic (exact) mass is 273 g/mol. The van der Waals surface area contributed by atoms with Gasteiger partial charge in [-0.25, -0.2) is 0 Å². The molecule has 5 nitrogen and oxygen atoms in total. The predicted octanol–water partition coefficient (Wildman–Crippen LogP) is 3.24. The van der Waals surface area contributed by atoms with Gasteiger partial charge in [-0.15, -0.1) is 0 Å². The summed E-state index contributed by atoms with van der Waals surface area (Å²) in [4.78, 5) is 10.4. The van der Waals surface area contributed by atoms with Crippen LogP contribution in [0.2, 0.25) is 0 Å².